The van der Waals surface area contributed by atoms with Crippen LogP contribution < -0.4 is 5.32 Å². The summed E-state index contributed by atoms with van der Waals surface area (Å²) in [6.07, 6.45) is 65.6. The van der Waals surface area contributed by atoms with Crippen molar-refractivity contribution in [2.45, 2.75) is 289 Å². The molecule has 0 rings (SSSR count). The Morgan fingerprint density at radius 3 is 1.29 bits per heavy atom. The first-order valence-electron chi connectivity index (χ1n) is 27.4. The predicted molar refractivity (Wildman–Crippen MR) is 273 cm³/mol. The fraction of sp³-hybridized carbons (Fsp3) is 0.825. The van der Waals surface area contributed by atoms with Crippen molar-refractivity contribution in [2.24, 2.45) is 0 Å². The first-order chi connectivity index (χ1) is 31.0. The van der Waals surface area contributed by atoms with Crippen molar-refractivity contribution in [3.8, 4) is 0 Å². The molecule has 0 aliphatic heterocycles. The number of carbonyl (C=O) groups is 2. The molecule has 0 spiro atoms. The number of aliphatic hydroxyl groups is 2. The zero-order valence-electron chi connectivity index (χ0n) is 41.8. The van der Waals surface area contributed by atoms with Gasteiger partial charge in [-0.1, -0.05) is 229 Å². The Bertz CT molecular complexity index is 1070. The average molecular weight is 884 g/mol. The van der Waals surface area contributed by atoms with E-state index in [-0.39, 0.29) is 18.5 Å². The molecule has 0 aliphatic rings. The monoisotopic (exact) mass is 884 g/mol. The molecule has 2 unspecified atom stereocenters. The molecule has 0 aromatic heterocycles. The Balaban J connectivity index is 3.44. The summed E-state index contributed by atoms with van der Waals surface area (Å²) < 4.78 is 5.46. The van der Waals surface area contributed by atoms with Gasteiger partial charge < -0.3 is 20.3 Å². The lowest BCUT2D eigenvalue weighted by atomic mass is 10.0. The van der Waals surface area contributed by atoms with Crippen LogP contribution in [0, 0.1) is 0 Å². The van der Waals surface area contributed by atoms with Crippen molar-refractivity contribution in [1.82, 2.24) is 5.32 Å². The molecular formula is C57H105NO5. The van der Waals surface area contributed by atoms with Crippen LogP contribution in [0.25, 0.3) is 0 Å². The molecule has 0 aromatic carbocycles. The summed E-state index contributed by atoms with van der Waals surface area (Å²) >= 11 is 0. The number of carbonyl (C=O) groups excluding carboxylic acids is 2. The maximum atomic E-state index is 12.4. The van der Waals surface area contributed by atoms with Crippen molar-refractivity contribution >= 4 is 11.9 Å². The molecular weight excluding hydrogens is 779 g/mol. The first-order valence-corrected chi connectivity index (χ1v) is 27.4. The molecule has 3 N–H and O–H groups in total. The second kappa shape index (κ2) is 52.4. The summed E-state index contributed by atoms with van der Waals surface area (Å²) in [6, 6.07) is -0.632. The predicted octanol–water partition coefficient (Wildman–Crippen LogP) is 16.6. The molecule has 368 valence electrons. The lowest BCUT2D eigenvalue weighted by Gasteiger charge is -2.20. The highest BCUT2D eigenvalue weighted by molar-refractivity contribution is 5.76. The Labute approximate surface area is 391 Å². The molecule has 1 amide bonds. The summed E-state index contributed by atoms with van der Waals surface area (Å²) in [6.45, 7) is 4.81. The van der Waals surface area contributed by atoms with Crippen LogP contribution in [0.3, 0.4) is 0 Å². The Morgan fingerprint density at radius 2 is 0.825 bits per heavy atom. The van der Waals surface area contributed by atoms with Crippen molar-refractivity contribution in [3.05, 3.63) is 48.6 Å². The highest BCUT2D eigenvalue weighted by atomic mass is 16.5. The van der Waals surface area contributed by atoms with Gasteiger partial charge in [-0.05, 0) is 83.5 Å². The molecule has 0 aromatic rings. The standard InChI is InChI=1S/C57H105NO5/c1-3-5-7-9-11-13-15-26-31-35-39-43-47-51-57(62)63-52-48-44-40-36-32-28-25-23-21-19-17-16-18-20-22-24-27-30-34-38-42-46-50-56(61)58-54(53-59)55(60)49-45-41-37-33-29-14-12-10-8-6-4-2/h7,9,13,15,18,20,45,49,54-55,59-60H,3-6,8,10-12,14,16-17,19,21-44,46-48,50-53H2,1-2H3,(H,58,61)/b9-7-,15-13-,20-18-,49-45+. The minimum atomic E-state index is -0.848. The van der Waals surface area contributed by atoms with Gasteiger partial charge in [0, 0.05) is 12.8 Å². The van der Waals surface area contributed by atoms with E-state index >= 15 is 0 Å². The van der Waals surface area contributed by atoms with E-state index in [0.29, 0.717) is 19.4 Å². The fourth-order valence-corrected chi connectivity index (χ4v) is 8.08. The van der Waals surface area contributed by atoms with E-state index < -0.39 is 12.1 Å². The molecule has 2 atom stereocenters. The smallest absolute Gasteiger partial charge is 0.305 e. The SMILES string of the molecule is CCC/C=C\C/C=C\CCCCCCCC(=O)OCCCCCCCCCCCCC/C=C\CCCCCCCCCC(=O)NC(CO)C(O)/C=C/CCCCCCCCCCC. The van der Waals surface area contributed by atoms with Gasteiger partial charge in [0.25, 0.3) is 0 Å². The van der Waals surface area contributed by atoms with Gasteiger partial charge in [-0.25, -0.2) is 0 Å². The summed E-state index contributed by atoms with van der Waals surface area (Å²) in [7, 11) is 0. The summed E-state index contributed by atoms with van der Waals surface area (Å²) in [5.41, 5.74) is 0. The van der Waals surface area contributed by atoms with Gasteiger partial charge in [-0.3, -0.25) is 9.59 Å². The number of esters is 1. The van der Waals surface area contributed by atoms with Crippen LogP contribution in [0.5, 0.6) is 0 Å². The van der Waals surface area contributed by atoms with Crippen molar-refractivity contribution in [2.75, 3.05) is 13.2 Å². The molecule has 0 saturated heterocycles. The van der Waals surface area contributed by atoms with E-state index in [1.807, 2.05) is 6.08 Å². The largest absolute Gasteiger partial charge is 0.466 e. The number of hydrogen-bond acceptors (Lipinski definition) is 5. The number of hydrogen-bond donors (Lipinski definition) is 3. The normalized spacial score (nSPS) is 13.0. The van der Waals surface area contributed by atoms with Crippen LogP contribution in [0.2, 0.25) is 0 Å². The third-order valence-electron chi connectivity index (χ3n) is 12.3. The fourth-order valence-electron chi connectivity index (χ4n) is 8.08. The number of nitrogens with one attached hydrogen (secondary N) is 1. The van der Waals surface area contributed by atoms with Crippen LogP contribution in [0.4, 0.5) is 0 Å². The molecule has 0 heterocycles. The summed E-state index contributed by atoms with van der Waals surface area (Å²) in [4.78, 5) is 24.4. The molecule has 0 bridgehead atoms. The van der Waals surface area contributed by atoms with E-state index in [4.69, 9.17) is 4.74 Å². The summed E-state index contributed by atoms with van der Waals surface area (Å²) in [5, 5.41) is 23.0. The van der Waals surface area contributed by atoms with Crippen molar-refractivity contribution < 1.29 is 24.5 Å². The molecule has 0 saturated carbocycles. The van der Waals surface area contributed by atoms with Gasteiger partial charge in [0.2, 0.25) is 5.91 Å². The van der Waals surface area contributed by atoms with Gasteiger partial charge in [-0.15, -0.1) is 0 Å². The minimum absolute atomic E-state index is 0.00689. The van der Waals surface area contributed by atoms with Crippen LogP contribution in [-0.2, 0) is 14.3 Å². The van der Waals surface area contributed by atoms with E-state index in [2.05, 4.69) is 55.6 Å². The number of unbranched alkanes of at least 4 members (excludes halogenated alkanes) is 33. The average Bonchev–Trinajstić information content (AvgIpc) is 3.28. The van der Waals surface area contributed by atoms with Crippen molar-refractivity contribution in [3.63, 3.8) is 0 Å². The summed E-state index contributed by atoms with van der Waals surface area (Å²) in [5.74, 6) is -0.0843. The molecule has 6 nitrogen and oxygen atoms in total. The van der Waals surface area contributed by atoms with Gasteiger partial charge in [0.1, 0.15) is 0 Å². The van der Waals surface area contributed by atoms with Gasteiger partial charge >= 0.3 is 5.97 Å². The zero-order chi connectivity index (χ0) is 45.8. The highest BCUT2D eigenvalue weighted by Crippen LogP contribution is 2.15. The third kappa shape index (κ3) is 49.1. The zero-order valence-corrected chi connectivity index (χ0v) is 41.8. The molecule has 0 aliphatic carbocycles. The second-order valence-corrected chi connectivity index (χ2v) is 18.5. The lowest BCUT2D eigenvalue weighted by Crippen LogP contribution is -2.45. The van der Waals surface area contributed by atoms with E-state index in [1.54, 1.807) is 6.08 Å². The third-order valence-corrected chi connectivity index (χ3v) is 12.3. The molecule has 6 heteroatoms. The van der Waals surface area contributed by atoms with E-state index in [9.17, 15) is 19.8 Å². The number of amides is 1. The van der Waals surface area contributed by atoms with Crippen molar-refractivity contribution in [1.29, 1.82) is 0 Å². The number of ether oxygens (including phenoxy) is 1. The molecule has 63 heavy (non-hydrogen) atoms. The van der Waals surface area contributed by atoms with Crippen LogP contribution in [-0.4, -0.2) is 47.4 Å². The van der Waals surface area contributed by atoms with Crippen LogP contribution in [0.1, 0.15) is 277 Å². The maximum absolute atomic E-state index is 12.4. The van der Waals surface area contributed by atoms with Crippen LogP contribution in [0.15, 0.2) is 48.6 Å². The van der Waals surface area contributed by atoms with E-state index in [0.717, 1.165) is 57.8 Å². The maximum Gasteiger partial charge on any atom is 0.305 e. The Hall–Kier alpha value is -2.18. The van der Waals surface area contributed by atoms with E-state index in [1.165, 1.54) is 193 Å². The lowest BCUT2D eigenvalue weighted by molar-refractivity contribution is -0.143. The second-order valence-electron chi connectivity index (χ2n) is 18.5. The molecule has 0 radical (unpaired) electrons. The Morgan fingerprint density at radius 1 is 0.444 bits per heavy atom. The van der Waals surface area contributed by atoms with Gasteiger partial charge in [0.15, 0.2) is 0 Å². The molecule has 0 fully saturated rings. The van der Waals surface area contributed by atoms with Gasteiger partial charge in [0.05, 0.1) is 25.4 Å². The quantitative estimate of drug-likeness (QED) is 0.0321. The Kier molecular flexibility index (Phi) is 50.6. The highest BCUT2D eigenvalue weighted by Gasteiger charge is 2.18. The number of rotatable bonds is 50. The van der Waals surface area contributed by atoms with Gasteiger partial charge in [-0.2, -0.15) is 0 Å². The minimum Gasteiger partial charge on any atom is -0.466 e. The number of allylic oxidation sites excluding steroid dienone is 7. The topological polar surface area (TPSA) is 95.9 Å². The first kappa shape index (κ1) is 60.8. The number of aliphatic hydroxyl groups excluding tert-OH is 2. The van der Waals surface area contributed by atoms with Crippen LogP contribution >= 0.6 is 0 Å².